The molecule has 0 saturated carbocycles. The molecule has 41 heavy (non-hydrogen) atoms. The van der Waals surface area contributed by atoms with E-state index in [1.165, 1.54) is 16.2 Å². The monoisotopic (exact) mass is 528 g/mol. The average molecular weight is 529 g/mol. The van der Waals surface area contributed by atoms with Crippen LogP contribution in [0.15, 0.2) is 122 Å². The molecule has 0 aliphatic heterocycles. The average Bonchev–Trinajstić information content (AvgIpc) is 3.54. The molecule has 7 heteroatoms. The van der Waals surface area contributed by atoms with Crippen LogP contribution in [0.1, 0.15) is 0 Å². The zero-order chi connectivity index (χ0) is 26.9. The Morgan fingerprint density at radius 2 is 1.07 bits per heavy atom. The van der Waals surface area contributed by atoms with Crippen LogP contribution in [0, 0.1) is 0 Å². The van der Waals surface area contributed by atoms with Crippen LogP contribution < -0.4 is 4.74 Å². The van der Waals surface area contributed by atoms with Crippen LogP contribution in [-0.2, 0) is 0 Å². The molecule has 4 aromatic heterocycles. The fraction of sp³-hybridized carbons (Fsp3) is 0. The van der Waals surface area contributed by atoms with Crippen molar-refractivity contribution in [2.75, 3.05) is 0 Å². The molecule has 7 nitrogen and oxygen atoms in total. The van der Waals surface area contributed by atoms with Crippen molar-refractivity contribution in [3.05, 3.63) is 122 Å². The minimum Gasteiger partial charge on any atom is -0.457 e. The van der Waals surface area contributed by atoms with Crippen molar-refractivity contribution in [3.63, 3.8) is 0 Å². The highest BCUT2D eigenvalue weighted by molar-refractivity contribution is 6.24. The first-order chi connectivity index (χ1) is 20.3. The molecule has 0 fully saturated rings. The molecule has 5 aromatic carbocycles. The molecule has 0 amide bonds. The Labute approximate surface area is 233 Å². The van der Waals surface area contributed by atoms with Gasteiger partial charge in [0.2, 0.25) is 11.9 Å². The molecule has 0 bridgehead atoms. The second kappa shape index (κ2) is 8.34. The summed E-state index contributed by atoms with van der Waals surface area (Å²) in [6.07, 6.45) is 7.07. The molecule has 9 aromatic rings. The highest BCUT2D eigenvalue weighted by Crippen LogP contribution is 2.41. The third-order valence-corrected chi connectivity index (χ3v) is 7.76. The van der Waals surface area contributed by atoms with Crippen LogP contribution in [-0.4, -0.2) is 29.1 Å². The highest BCUT2D eigenvalue weighted by atomic mass is 16.5. The first-order valence-electron chi connectivity index (χ1n) is 13.4. The van der Waals surface area contributed by atoms with Gasteiger partial charge in [0.1, 0.15) is 11.5 Å². The minimum absolute atomic E-state index is 0.620. The van der Waals surface area contributed by atoms with E-state index in [2.05, 4.69) is 102 Å². The molecule has 0 atom stereocenters. The predicted octanol–water partition coefficient (Wildman–Crippen LogP) is 7.84. The Morgan fingerprint density at radius 3 is 1.88 bits per heavy atom. The molecule has 0 aliphatic carbocycles. The van der Waals surface area contributed by atoms with Gasteiger partial charge in [-0.3, -0.25) is 9.13 Å². The van der Waals surface area contributed by atoms with Gasteiger partial charge in [0.15, 0.2) is 0 Å². The number of rotatable bonds is 4. The maximum absolute atomic E-state index is 6.59. The lowest BCUT2D eigenvalue weighted by atomic mass is 10.0. The maximum Gasteiger partial charge on any atom is 0.234 e. The van der Waals surface area contributed by atoms with E-state index in [-0.39, 0.29) is 0 Å². The lowest BCUT2D eigenvalue weighted by Crippen LogP contribution is -2.00. The van der Waals surface area contributed by atoms with Crippen molar-refractivity contribution in [3.8, 4) is 23.4 Å². The normalized spacial score (nSPS) is 11.9. The van der Waals surface area contributed by atoms with Gasteiger partial charge in [0.25, 0.3) is 0 Å². The molecule has 192 valence electrons. The van der Waals surface area contributed by atoms with E-state index in [1.807, 2.05) is 24.3 Å². The van der Waals surface area contributed by atoms with Gasteiger partial charge in [-0.05, 0) is 53.2 Å². The Bertz CT molecular complexity index is 2390. The van der Waals surface area contributed by atoms with Crippen LogP contribution in [0.2, 0.25) is 0 Å². The quantitative estimate of drug-likeness (QED) is 0.218. The van der Waals surface area contributed by atoms with Crippen molar-refractivity contribution < 1.29 is 4.74 Å². The second-order valence-electron chi connectivity index (χ2n) is 10.0. The van der Waals surface area contributed by atoms with E-state index in [1.54, 1.807) is 24.8 Å². The smallest absolute Gasteiger partial charge is 0.234 e. The van der Waals surface area contributed by atoms with Gasteiger partial charge in [0, 0.05) is 58.5 Å². The number of para-hydroxylation sites is 1. The summed E-state index contributed by atoms with van der Waals surface area (Å²) in [6, 6.07) is 33.0. The Morgan fingerprint density at radius 1 is 0.439 bits per heavy atom. The summed E-state index contributed by atoms with van der Waals surface area (Å²) in [5.74, 6) is 2.71. The molecular weight excluding hydrogens is 508 g/mol. The van der Waals surface area contributed by atoms with Crippen molar-refractivity contribution in [2.24, 2.45) is 0 Å². The van der Waals surface area contributed by atoms with Gasteiger partial charge >= 0.3 is 0 Å². The van der Waals surface area contributed by atoms with E-state index >= 15 is 0 Å². The van der Waals surface area contributed by atoms with Gasteiger partial charge in [-0.25, -0.2) is 19.9 Å². The molecule has 0 N–H and O–H groups in total. The Kier molecular flexibility index (Phi) is 4.48. The zero-order valence-electron chi connectivity index (χ0n) is 21.6. The summed E-state index contributed by atoms with van der Waals surface area (Å²) >= 11 is 0. The fourth-order valence-corrected chi connectivity index (χ4v) is 6.12. The van der Waals surface area contributed by atoms with E-state index < -0.39 is 0 Å². The van der Waals surface area contributed by atoms with Crippen LogP contribution in [0.4, 0.5) is 0 Å². The van der Waals surface area contributed by atoms with E-state index in [0.29, 0.717) is 11.9 Å². The summed E-state index contributed by atoms with van der Waals surface area (Å²) in [7, 11) is 0. The van der Waals surface area contributed by atoms with Crippen molar-refractivity contribution in [1.82, 2.24) is 29.1 Å². The predicted molar refractivity (Wildman–Crippen MR) is 162 cm³/mol. The van der Waals surface area contributed by atoms with E-state index in [4.69, 9.17) is 4.74 Å². The summed E-state index contributed by atoms with van der Waals surface area (Å²) in [5.41, 5.74) is 4.10. The summed E-state index contributed by atoms with van der Waals surface area (Å²) < 4.78 is 10.8. The van der Waals surface area contributed by atoms with Gasteiger partial charge in [-0.2, -0.15) is 0 Å². The largest absolute Gasteiger partial charge is 0.457 e. The topological polar surface area (TPSA) is 70.7 Å². The summed E-state index contributed by atoms with van der Waals surface area (Å²) in [4.78, 5) is 18.3. The number of aromatic nitrogens is 6. The number of hydrogen-bond acceptors (Lipinski definition) is 5. The first-order valence-corrected chi connectivity index (χ1v) is 13.4. The molecule has 0 saturated heterocycles. The molecule has 0 aliphatic rings. The van der Waals surface area contributed by atoms with Gasteiger partial charge in [-0.15, -0.1) is 0 Å². The van der Waals surface area contributed by atoms with Gasteiger partial charge in [0.05, 0.1) is 22.1 Å². The van der Waals surface area contributed by atoms with Gasteiger partial charge in [-0.1, -0.05) is 42.5 Å². The third-order valence-electron chi connectivity index (χ3n) is 7.76. The fourth-order valence-electron chi connectivity index (χ4n) is 6.12. The van der Waals surface area contributed by atoms with Crippen LogP contribution >= 0.6 is 0 Å². The number of fused-ring (bicyclic) bond motifs is 3. The number of hydrogen-bond donors (Lipinski definition) is 0. The van der Waals surface area contributed by atoms with Gasteiger partial charge < -0.3 is 4.74 Å². The van der Waals surface area contributed by atoms with E-state index in [0.717, 1.165) is 49.7 Å². The van der Waals surface area contributed by atoms with Crippen molar-refractivity contribution in [1.29, 1.82) is 0 Å². The maximum atomic E-state index is 6.59. The standard InChI is InChI=1S/C34H20N6O/c1-2-8-27-25(7-1)26-13-12-23(19-29(26)39(27)33-35-14-4-15-36-33)41-24-18-22-11-10-21-6-3-9-28-31(21)32(22)30(20-24)40(28)34-37-16-5-17-38-34/h1-20H. The Hall–Kier alpha value is -5.82. The molecule has 0 unspecified atom stereocenters. The zero-order valence-corrected chi connectivity index (χ0v) is 21.6. The molecule has 9 rings (SSSR count). The number of benzene rings is 5. The van der Waals surface area contributed by atoms with Crippen LogP contribution in [0.25, 0.3) is 66.3 Å². The molecule has 0 radical (unpaired) electrons. The first kappa shape index (κ1) is 22.0. The summed E-state index contributed by atoms with van der Waals surface area (Å²) in [6.45, 7) is 0. The van der Waals surface area contributed by atoms with E-state index in [9.17, 15) is 0 Å². The molecular formula is C34H20N6O. The number of ether oxygens (including phenoxy) is 1. The van der Waals surface area contributed by atoms with Crippen LogP contribution in [0.5, 0.6) is 11.5 Å². The number of nitrogens with zero attached hydrogens (tertiary/aromatic N) is 6. The van der Waals surface area contributed by atoms with Crippen LogP contribution in [0.3, 0.4) is 0 Å². The SMILES string of the molecule is c1cnc(-n2c3ccccc3c3ccc(Oc4cc5ccc6cccc7c6c5c(c4)n7-c4ncccn4)cc32)nc1. The summed E-state index contributed by atoms with van der Waals surface area (Å²) in [5, 5.41) is 6.92. The highest BCUT2D eigenvalue weighted by Gasteiger charge is 2.20. The second-order valence-corrected chi connectivity index (χ2v) is 10.0. The minimum atomic E-state index is 0.620. The lowest BCUT2D eigenvalue weighted by Gasteiger charge is -2.10. The Balaban J connectivity index is 1.26. The third kappa shape index (κ3) is 3.20. The lowest BCUT2D eigenvalue weighted by molar-refractivity contribution is 0.484. The molecule has 0 spiro atoms. The van der Waals surface area contributed by atoms with Crippen molar-refractivity contribution >= 4 is 54.4 Å². The molecule has 4 heterocycles. The van der Waals surface area contributed by atoms with Crippen molar-refractivity contribution in [2.45, 2.75) is 0 Å².